The van der Waals surface area contributed by atoms with Crippen molar-refractivity contribution >= 4 is 5.97 Å². The lowest BCUT2D eigenvalue weighted by Crippen LogP contribution is -2.02. The molecule has 4 nitrogen and oxygen atoms in total. The number of hydrogen-bond acceptors (Lipinski definition) is 2. The first-order valence-electron chi connectivity index (χ1n) is 3.53. The topological polar surface area (TPSA) is 55.1 Å². The molecule has 1 rings (SSSR count). The van der Waals surface area contributed by atoms with E-state index in [-0.39, 0.29) is 5.56 Å². The van der Waals surface area contributed by atoms with Crippen LogP contribution >= 0.6 is 0 Å². The third-order valence-electron chi connectivity index (χ3n) is 1.64. The van der Waals surface area contributed by atoms with Crippen LogP contribution in [0.5, 0.6) is 0 Å². The summed E-state index contributed by atoms with van der Waals surface area (Å²) in [5, 5.41) is 12.6. The molecule has 0 atom stereocenters. The summed E-state index contributed by atoms with van der Waals surface area (Å²) in [4.78, 5) is 10.6. The van der Waals surface area contributed by atoms with E-state index in [1.807, 2.05) is 0 Å². The van der Waals surface area contributed by atoms with Crippen LogP contribution in [0.15, 0.2) is 18.9 Å². The highest BCUT2D eigenvalue weighted by Gasteiger charge is 2.11. The molecule has 0 aromatic carbocycles. The summed E-state index contributed by atoms with van der Waals surface area (Å²) in [6.45, 7) is 5.81. The molecule has 12 heavy (non-hydrogen) atoms. The van der Waals surface area contributed by atoms with Crippen LogP contribution < -0.4 is 0 Å². The standard InChI is InChI=1S/C8H10N2O2/c1-3-4-10-6(2)7(5-9-10)8(11)12/h3,5H,1,4H2,2H3,(H,11,12). The number of hydrogen-bond donors (Lipinski definition) is 1. The van der Waals surface area contributed by atoms with Gasteiger partial charge in [0.25, 0.3) is 0 Å². The van der Waals surface area contributed by atoms with Gasteiger partial charge >= 0.3 is 5.97 Å². The molecule has 0 amide bonds. The predicted molar refractivity (Wildman–Crippen MR) is 44.1 cm³/mol. The quantitative estimate of drug-likeness (QED) is 0.683. The normalized spacial score (nSPS) is 9.75. The number of carbonyl (C=O) groups is 1. The molecule has 0 radical (unpaired) electrons. The summed E-state index contributed by atoms with van der Waals surface area (Å²) in [5.74, 6) is -0.942. The van der Waals surface area contributed by atoms with E-state index in [1.165, 1.54) is 6.20 Å². The molecule has 0 aliphatic rings. The van der Waals surface area contributed by atoms with Crippen LogP contribution in [0.2, 0.25) is 0 Å². The Labute approximate surface area is 70.1 Å². The van der Waals surface area contributed by atoms with Crippen molar-refractivity contribution in [2.45, 2.75) is 13.5 Å². The van der Waals surface area contributed by atoms with Gasteiger partial charge in [0.05, 0.1) is 18.4 Å². The van der Waals surface area contributed by atoms with E-state index in [0.29, 0.717) is 12.2 Å². The van der Waals surface area contributed by atoms with E-state index in [1.54, 1.807) is 17.7 Å². The van der Waals surface area contributed by atoms with Gasteiger partial charge in [0.1, 0.15) is 5.56 Å². The van der Waals surface area contributed by atoms with E-state index in [2.05, 4.69) is 11.7 Å². The molecule has 1 N–H and O–H groups in total. The second-order valence-corrected chi connectivity index (χ2v) is 2.42. The number of carboxylic acids is 1. The van der Waals surface area contributed by atoms with E-state index >= 15 is 0 Å². The zero-order chi connectivity index (χ0) is 9.14. The Bertz CT molecular complexity index is 315. The second kappa shape index (κ2) is 3.21. The summed E-state index contributed by atoms with van der Waals surface area (Å²) in [6, 6.07) is 0. The molecule has 0 fully saturated rings. The molecule has 1 aromatic rings. The van der Waals surface area contributed by atoms with Crippen LogP contribution in [-0.4, -0.2) is 20.9 Å². The van der Waals surface area contributed by atoms with E-state index in [0.717, 1.165) is 0 Å². The third kappa shape index (κ3) is 1.37. The first kappa shape index (κ1) is 8.52. The van der Waals surface area contributed by atoms with Crippen LogP contribution in [0, 0.1) is 6.92 Å². The first-order chi connectivity index (χ1) is 5.66. The zero-order valence-corrected chi connectivity index (χ0v) is 6.82. The number of carboxylic acid groups (broad SMARTS) is 1. The number of nitrogens with zero attached hydrogens (tertiary/aromatic N) is 2. The molecule has 0 saturated heterocycles. The Balaban J connectivity index is 3.03. The van der Waals surface area contributed by atoms with Crippen LogP contribution in [-0.2, 0) is 6.54 Å². The largest absolute Gasteiger partial charge is 0.478 e. The number of aromatic nitrogens is 2. The van der Waals surface area contributed by atoms with E-state index in [4.69, 9.17) is 5.11 Å². The van der Waals surface area contributed by atoms with Gasteiger partial charge < -0.3 is 5.11 Å². The SMILES string of the molecule is C=CCn1ncc(C(=O)O)c1C. The third-order valence-corrected chi connectivity index (χ3v) is 1.64. The van der Waals surface area contributed by atoms with Crippen LogP contribution in [0.3, 0.4) is 0 Å². The van der Waals surface area contributed by atoms with Gasteiger partial charge in [-0.1, -0.05) is 6.08 Å². The Morgan fingerprint density at radius 2 is 2.58 bits per heavy atom. The minimum absolute atomic E-state index is 0.247. The molecule has 0 aliphatic carbocycles. The molecule has 0 spiro atoms. The van der Waals surface area contributed by atoms with Gasteiger partial charge in [0, 0.05) is 0 Å². The Hall–Kier alpha value is -1.58. The smallest absolute Gasteiger partial charge is 0.339 e. The van der Waals surface area contributed by atoms with Crippen molar-refractivity contribution in [2.24, 2.45) is 0 Å². The van der Waals surface area contributed by atoms with Gasteiger partial charge in [-0.05, 0) is 6.92 Å². The van der Waals surface area contributed by atoms with Gasteiger partial charge in [-0.15, -0.1) is 6.58 Å². The molecule has 1 heterocycles. The molecule has 0 saturated carbocycles. The van der Waals surface area contributed by atoms with Crippen molar-refractivity contribution in [1.82, 2.24) is 9.78 Å². The van der Waals surface area contributed by atoms with Crippen molar-refractivity contribution in [3.63, 3.8) is 0 Å². The highest BCUT2D eigenvalue weighted by atomic mass is 16.4. The molecular formula is C8H10N2O2. The monoisotopic (exact) mass is 166 g/mol. The molecule has 0 bridgehead atoms. The van der Waals surface area contributed by atoms with Gasteiger partial charge in [-0.3, -0.25) is 4.68 Å². The van der Waals surface area contributed by atoms with Crippen molar-refractivity contribution in [3.05, 3.63) is 30.1 Å². The summed E-state index contributed by atoms with van der Waals surface area (Å²) in [7, 11) is 0. The maximum atomic E-state index is 10.6. The molecular weight excluding hydrogens is 156 g/mol. The number of allylic oxidation sites excluding steroid dienone is 1. The summed E-state index contributed by atoms with van der Waals surface area (Å²) < 4.78 is 1.59. The fourth-order valence-electron chi connectivity index (χ4n) is 0.963. The summed E-state index contributed by atoms with van der Waals surface area (Å²) >= 11 is 0. The molecule has 4 heteroatoms. The van der Waals surface area contributed by atoms with E-state index in [9.17, 15) is 4.79 Å². The lowest BCUT2D eigenvalue weighted by molar-refractivity contribution is 0.0696. The first-order valence-corrected chi connectivity index (χ1v) is 3.53. The van der Waals surface area contributed by atoms with Gasteiger partial charge in [-0.25, -0.2) is 4.79 Å². The summed E-state index contributed by atoms with van der Waals surface area (Å²) in [5.41, 5.74) is 0.902. The highest BCUT2D eigenvalue weighted by Crippen LogP contribution is 2.06. The molecule has 1 aromatic heterocycles. The lowest BCUT2D eigenvalue weighted by Gasteiger charge is -1.98. The van der Waals surface area contributed by atoms with E-state index < -0.39 is 5.97 Å². The van der Waals surface area contributed by atoms with Gasteiger partial charge in [-0.2, -0.15) is 5.10 Å². The van der Waals surface area contributed by atoms with Crippen LogP contribution in [0.4, 0.5) is 0 Å². The molecule has 0 aliphatic heterocycles. The van der Waals surface area contributed by atoms with Crippen molar-refractivity contribution in [3.8, 4) is 0 Å². The predicted octanol–water partition coefficient (Wildman–Crippen LogP) is 1.08. The van der Waals surface area contributed by atoms with Crippen molar-refractivity contribution in [2.75, 3.05) is 0 Å². The van der Waals surface area contributed by atoms with Gasteiger partial charge in [0.15, 0.2) is 0 Å². The van der Waals surface area contributed by atoms with Crippen molar-refractivity contribution < 1.29 is 9.90 Å². The average molecular weight is 166 g/mol. The number of aromatic carboxylic acids is 1. The minimum Gasteiger partial charge on any atom is -0.478 e. The fourth-order valence-corrected chi connectivity index (χ4v) is 0.963. The average Bonchev–Trinajstić information content (AvgIpc) is 2.34. The van der Waals surface area contributed by atoms with Gasteiger partial charge in [0.2, 0.25) is 0 Å². The number of rotatable bonds is 3. The fraction of sp³-hybridized carbons (Fsp3) is 0.250. The Morgan fingerprint density at radius 3 is 3.00 bits per heavy atom. The molecule has 64 valence electrons. The molecule has 0 unspecified atom stereocenters. The summed E-state index contributed by atoms with van der Waals surface area (Å²) in [6.07, 6.45) is 3.02. The van der Waals surface area contributed by atoms with Crippen molar-refractivity contribution in [1.29, 1.82) is 0 Å². The van der Waals surface area contributed by atoms with Crippen LogP contribution in [0.25, 0.3) is 0 Å². The zero-order valence-electron chi connectivity index (χ0n) is 6.82. The minimum atomic E-state index is -0.942. The highest BCUT2D eigenvalue weighted by molar-refractivity contribution is 5.88. The maximum Gasteiger partial charge on any atom is 0.339 e. The van der Waals surface area contributed by atoms with Crippen LogP contribution in [0.1, 0.15) is 16.1 Å². The lowest BCUT2D eigenvalue weighted by atomic mass is 10.3. The Morgan fingerprint density at radius 1 is 1.92 bits per heavy atom. The second-order valence-electron chi connectivity index (χ2n) is 2.42. The Kier molecular flexibility index (Phi) is 2.28. The maximum absolute atomic E-state index is 10.6.